The second-order valence-corrected chi connectivity index (χ2v) is 23.7. The van der Waals surface area contributed by atoms with Crippen molar-refractivity contribution < 1.29 is 28.6 Å². The minimum absolute atomic E-state index is 0. The molecule has 446 valence electrons. The normalized spacial score (nSPS) is 13.2. The van der Waals surface area contributed by atoms with Gasteiger partial charge in [-0.2, -0.15) is 10.5 Å². The van der Waals surface area contributed by atoms with Gasteiger partial charge in [-0.05, 0) is 80.3 Å². The minimum atomic E-state index is -0.477. The van der Waals surface area contributed by atoms with E-state index < -0.39 is 5.60 Å². The van der Waals surface area contributed by atoms with E-state index in [2.05, 4.69) is 136 Å². The third kappa shape index (κ3) is 34.6. The van der Waals surface area contributed by atoms with Gasteiger partial charge in [0.15, 0.2) is 12.8 Å². The number of amides is 2. The van der Waals surface area contributed by atoms with Crippen molar-refractivity contribution in [2.24, 2.45) is 10.8 Å². The predicted octanol–water partition coefficient (Wildman–Crippen LogP) is 7.03. The molecule has 8 heterocycles. The monoisotopic (exact) mass is 1490 g/mol. The van der Waals surface area contributed by atoms with Crippen LogP contribution in [0.4, 0.5) is 30.1 Å². The van der Waals surface area contributed by atoms with E-state index in [9.17, 15) is 14.4 Å². The van der Waals surface area contributed by atoms with Gasteiger partial charge in [0.25, 0.3) is 0 Å². The molecule has 0 atom stereocenters. The van der Waals surface area contributed by atoms with Gasteiger partial charge in [-0.3, -0.25) is 10.2 Å². The molecule has 80 heavy (non-hydrogen) atoms. The number of hydrogen-bond donors (Lipinski definition) is 7. The van der Waals surface area contributed by atoms with Crippen LogP contribution in [0.3, 0.4) is 0 Å². The lowest BCUT2D eigenvalue weighted by molar-refractivity contribution is -0.141. The van der Waals surface area contributed by atoms with Crippen LogP contribution >= 0.6 is 129 Å². The maximum absolute atomic E-state index is 11.9. The van der Waals surface area contributed by atoms with E-state index in [1.165, 1.54) is 56.7 Å². The predicted molar refractivity (Wildman–Crippen MR) is 328 cm³/mol. The van der Waals surface area contributed by atoms with Crippen molar-refractivity contribution in [1.29, 1.82) is 21.5 Å². The van der Waals surface area contributed by atoms with E-state index >= 15 is 0 Å². The third-order valence-electron chi connectivity index (χ3n) is 8.36. The molecular formula is C40H65Br4ClN24O6S5. The van der Waals surface area contributed by atoms with E-state index in [-0.39, 0.29) is 56.0 Å². The zero-order chi connectivity index (χ0) is 58.7. The molecule has 3 fully saturated rings. The van der Waals surface area contributed by atoms with Gasteiger partial charge in [0.1, 0.15) is 28.9 Å². The van der Waals surface area contributed by atoms with Crippen molar-refractivity contribution in [3.8, 4) is 12.1 Å². The number of esters is 1. The average Bonchev–Trinajstić information content (AvgIpc) is 4.31. The maximum atomic E-state index is 11.9. The van der Waals surface area contributed by atoms with Crippen LogP contribution in [0.15, 0.2) is 18.5 Å². The molecule has 3 aliphatic heterocycles. The van der Waals surface area contributed by atoms with Crippen molar-refractivity contribution in [2.45, 2.75) is 67.1 Å². The standard InChI is InChI=1S/C12H17N5O2S.C9H18N2O2.C7H11N7S.C4H9NO2.C3BrN3S.C2H2BrN3S.C2H3N3S.CH4.Br2.ClH/c1-12(2,3)19-11(18)17-6-4-16(5-7-17)10-15-14-9(8-13)20-10;1-9(2,3)13-8(12)11-6-4-10-5-7-11;8-5(11-9)6-12-13-7(15-6)14-3-1-10-2-4-14;1-2-7-4(6)3-5;4-3-7-6-2(1-5)8-3;3-1-5-6-2(4)7-1;3-2-5-4-1-6-2;;1-2;/h4-7H2,1-3H3;10H,4-7H2,1-3H3;8-10H,1-4H2;2-3,5H2,1H3;;(H2,4,6);1H,(H2,3,5);1H4;;1H. The number of nitrogen functional groups attached to an aromatic ring is 2. The molecule has 0 aliphatic carbocycles. The summed E-state index contributed by atoms with van der Waals surface area (Å²) in [6, 6.07) is 3.84. The summed E-state index contributed by atoms with van der Waals surface area (Å²) >= 11 is 18.1. The van der Waals surface area contributed by atoms with E-state index in [1.54, 1.807) is 22.2 Å². The van der Waals surface area contributed by atoms with Gasteiger partial charge in [0, 0.05) is 107 Å². The molecule has 3 saturated heterocycles. The lowest BCUT2D eigenvalue weighted by Gasteiger charge is -2.35. The summed E-state index contributed by atoms with van der Waals surface area (Å²) < 4.78 is 16.4. The molecule has 3 aliphatic rings. The van der Waals surface area contributed by atoms with Gasteiger partial charge in [-0.15, -0.1) is 68.5 Å². The van der Waals surface area contributed by atoms with E-state index in [0.717, 1.165) is 66.5 Å². The van der Waals surface area contributed by atoms with Crippen LogP contribution in [0.1, 0.15) is 70.9 Å². The van der Waals surface area contributed by atoms with E-state index in [1.807, 2.05) is 58.6 Å². The number of amidine groups is 1. The van der Waals surface area contributed by atoms with Crippen molar-refractivity contribution in [2.75, 3.05) is 113 Å². The first kappa shape index (κ1) is 77.4. The van der Waals surface area contributed by atoms with Crippen LogP contribution in [0.5, 0.6) is 0 Å². The molecule has 0 unspecified atom stereocenters. The summed E-state index contributed by atoms with van der Waals surface area (Å²) in [5.74, 6) is -0.476. The number of piperazine rings is 3. The first-order chi connectivity index (χ1) is 37.0. The molecular weight excluding hydrogens is 1430 g/mol. The Hall–Kier alpha value is -4.65. The number of rotatable bonds is 5. The number of nitrogens with two attached hydrogens (primary N) is 3. The van der Waals surface area contributed by atoms with Crippen LogP contribution in [-0.4, -0.2) is 188 Å². The highest BCUT2D eigenvalue weighted by molar-refractivity contribution is 9.93. The molecule has 5 aromatic heterocycles. The molecule has 0 spiro atoms. The fourth-order valence-corrected chi connectivity index (χ4v) is 8.78. The van der Waals surface area contributed by atoms with Crippen LogP contribution in [0, 0.1) is 33.6 Å². The SMILES string of the molecule is BrBr.C.CC(C)(C)OC(=O)N1CCN(c2nnc(C#N)s2)CC1.CC(C)(C)OC(=O)N1CCNCC1.CCOC(=O)CN.Cl.N#Cc1nnc(Br)s1.N=NC(=N)c1nnc(N2CCNCC2)s1.Nc1nnc(Br)s1.Nc1nncs1. The lowest BCUT2D eigenvalue weighted by Crippen LogP contribution is -2.50. The first-order valence-corrected chi connectivity index (χ1v) is 32.0. The number of ether oxygens (including phenoxy) is 3. The number of carbonyl (C=O) groups excluding carboxylic acids is 3. The Morgan fingerprint density at radius 3 is 1.51 bits per heavy atom. The molecule has 0 radical (unpaired) electrons. The third-order valence-corrected chi connectivity index (χ3v) is 13.2. The summed E-state index contributed by atoms with van der Waals surface area (Å²) in [6.07, 6.45) is -0.485. The van der Waals surface area contributed by atoms with E-state index in [0.29, 0.717) is 62.0 Å². The van der Waals surface area contributed by atoms with Crippen LogP contribution in [-0.2, 0) is 19.0 Å². The molecule has 10 N–H and O–H groups in total. The zero-order valence-corrected chi connectivity index (χ0v) is 55.0. The molecule has 30 nitrogen and oxygen atoms in total. The topological polar surface area (TPSA) is 431 Å². The van der Waals surface area contributed by atoms with Gasteiger partial charge >= 0.3 is 18.2 Å². The highest BCUT2D eigenvalue weighted by Crippen LogP contribution is 2.23. The Balaban J connectivity index is 0. The van der Waals surface area contributed by atoms with Crippen LogP contribution in [0.2, 0.25) is 0 Å². The van der Waals surface area contributed by atoms with E-state index in [4.69, 9.17) is 48.1 Å². The largest absolute Gasteiger partial charge is 0.465 e. The zero-order valence-electron chi connectivity index (χ0n) is 43.7. The first-order valence-electron chi connectivity index (χ1n) is 22.6. The number of carbonyl (C=O) groups is 3. The fourth-order valence-electron chi connectivity index (χ4n) is 5.18. The van der Waals surface area contributed by atoms with Crippen molar-refractivity contribution >= 4 is 174 Å². The lowest BCUT2D eigenvalue weighted by atomic mass is 10.2. The summed E-state index contributed by atoms with van der Waals surface area (Å²) in [4.78, 5) is 41.1. The van der Waals surface area contributed by atoms with Gasteiger partial charge in [-0.1, -0.05) is 64.1 Å². The Kier molecular flexibility index (Phi) is 41.7. The smallest absolute Gasteiger partial charge is 0.410 e. The van der Waals surface area contributed by atoms with Gasteiger partial charge < -0.3 is 61.6 Å². The Labute approximate surface area is 522 Å². The highest BCUT2D eigenvalue weighted by Gasteiger charge is 2.27. The Bertz CT molecular complexity index is 2570. The van der Waals surface area contributed by atoms with Crippen LogP contribution < -0.4 is 37.6 Å². The van der Waals surface area contributed by atoms with Gasteiger partial charge in [-0.25, -0.2) is 15.1 Å². The minimum Gasteiger partial charge on any atom is -0.465 e. The number of hydrogen-bond acceptors (Lipinski definition) is 32. The fraction of sp³-hybridized carbons (Fsp3) is 0.600. The number of nitriles is 2. The summed E-state index contributed by atoms with van der Waals surface area (Å²) in [7, 11) is 0. The molecule has 40 heteroatoms. The maximum Gasteiger partial charge on any atom is 0.410 e. The summed E-state index contributed by atoms with van der Waals surface area (Å²) in [5.41, 5.74) is 22.6. The number of nitrogens with one attached hydrogen (secondary N) is 4. The highest BCUT2D eigenvalue weighted by atomic mass is 80.9. The Morgan fingerprint density at radius 1 is 0.700 bits per heavy atom. The second kappa shape index (κ2) is 43.1. The number of nitrogens with zero attached hydrogens (tertiary/aromatic N) is 17. The van der Waals surface area contributed by atoms with Crippen molar-refractivity contribution in [3.05, 3.63) is 28.4 Å². The van der Waals surface area contributed by atoms with Gasteiger partial charge in [0.05, 0.1) is 13.2 Å². The molecule has 0 saturated carbocycles. The Morgan fingerprint density at radius 2 is 1.16 bits per heavy atom. The molecule has 8 rings (SSSR count). The summed E-state index contributed by atoms with van der Waals surface area (Å²) in [5, 5.41) is 74.0. The number of aromatic nitrogens is 10. The van der Waals surface area contributed by atoms with Crippen LogP contribution in [0.25, 0.3) is 0 Å². The van der Waals surface area contributed by atoms with Crippen molar-refractivity contribution in [3.63, 3.8) is 0 Å². The van der Waals surface area contributed by atoms with Gasteiger partial charge in [0.2, 0.25) is 36.4 Å². The molecule has 0 bridgehead atoms. The molecule has 2 amide bonds. The quantitative estimate of drug-likeness (QED) is 0.0305. The average molecular weight is 1490 g/mol. The molecule has 5 aromatic rings. The number of anilines is 4. The van der Waals surface area contributed by atoms with Crippen molar-refractivity contribution in [1.82, 2.24) is 71.4 Å². The number of halogens is 5. The summed E-state index contributed by atoms with van der Waals surface area (Å²) in [6.45, 7) is 22.7. The molecule has 0 aromatic carbocycles. The second-order valence-electron chi connectivity index (χ2n) is 16.4.